The molecule has 1 aromatic carbocycles. The van der Waals surface area contributed by atoms with Crippen molar-refractivity contribution in [3.05, 3.63) is 23.8 Å². The van der Waals surface area contributed by atoms with E-state index in [9.17, 15) is 16.8 Å². The third-order valence-corrected chi connectivity index (χ3v) is 7.98. The summed E-state index contributed by atoms with van der Waals surface area (Å²) >= 11 is 0. The Bertz CT molecular complexity index is 787. The summed E-state index contributed by atoms with van der Waals surface area (Å²) in [5.41, 5.74) is 0.809. The van der Waals surface area contributed by atoms with E-state index in [4.69, 9.17) is 4.74 Å². The van der Waals surface area contributed by atoms with Gasteiger partial charge in [-0.3, -0.25) is 0 Å². The van der Waals surface area contributed by atoms with E-state index >= 15 is 0 Å². The normalized spacial score (nSPS) is 20.4. The van der Waals surface area contributed by atoms with E-state index in [0.717, 1.165) is 12.0 Å². The zero-order valence-corrected chi connectivity index (χ0v) is 16.0. The van der Waals surface area contributed by atoms with E-state index in [-0.39, 0.29) is 22.2 Å². The van der Waals surface area contributed by atoms with E-state index in [0.29, 0.717) is 19.4 Å². The minimum atomic E-state index is -3.83. The summed E-state index contributed by atoms with van der Waals surface area (Å²) in [7, 11) is -5.57. The van der Waals surface area contributed by atoms with Crippen LogP contribution < -0.4 is 4.74 Å². The van der Waals surface area contributed by atoms with Gasteiger partial charge in [0.15, 0.2) is 9.84 Å². The van der Waals surface area contributed by atoms with Crippen molar-refractivity contribution < 1.29 is 21.6 Å². The average molecular weight is 376 g/mol. The molecule has 1 aliphatic heterocycles. The molecule has 0 spiro atoms. The zero-order chi connectivity index (χ0) is 18.0. The lowest BCUT2D eigenvalue weighted by Gasteiger charge is -2.28. The van der Waals surface area contributed by atoms with Gasteiger partial charge in [-0.1, -0.05) is 19.4 Å². The van der Waals surface area contributed by atoms with Crippen LogP contribution in [0.25, 0.3) is 0 Å². The highest BCUT2D eigenvalue weighted by Gasteiger charge is 2.39. The van der Waals surface area contributed by atoms with Crippen LogP contribution in [-0.4, -0.2) is 52.3 Å². The van der Waals surface area contributed by atoms with Gasteiger partial charge < -0.3 is 4.74 Å². The number of ether oxygens (including phenoxy) is 1. The first-order valence-electron chi connectivity index (χ1n) is 8.08. The quantitative estimate of drug-likeness (QED) is 0.728. The Labute approximate surface area is 144 Å². The Balaban J connectivity index is 2.46. The van der Waals surface area contributed by atoms with Crippen molar-refractivity contribution in [1.29, 1.82) is 0 Å². The van der Waals surface area contributed by atoms with E-state index in [1.165, 1.54) is 11.4 Å². The van der Waals surface area contributed by atoms with E-state index in [1.54, 1.807) is 18.2 Å². The smallest absolute Gasteiger partial charge is 0.247 e. The summed E-state index contributed by atoms with van der Waals surface area (Å²) < 4.78 is 56.6. The Kier molecular flexibility index (Phi) is 5.93. The summed E-state index contributed by atoms with van der Waals surface area (Å²) in [6.45, 7) is 4.11. The first-order chi connectivity index (χ1) is 11.2. The van der Waals surface area contributed by atoms with Crippen molar-refractivity contribution in [1.82, 2.24) is 4.31 Å². The van der Waals surface area contributed by atoms with Gasteiger partial charge in [-0.15, -0.1) is 0 Å². The standard InChI is InChI=1S/C16H25NO5S2/c1-4-5-9-17(14-8-10-23(18,19)12-14)24(20,21)16-11-13(2)6-7-15(16)22-3/h6-7,11,14H,4-5,8-10,12H2,1-3H3/t14-/m0/s1. The second-order valence-electron chi connectivity index (χ2n) is 6.18. The summed E-state index contributed by atoms with van der Waals surface area (Å²) in [6.07, 6.45) is 1.86. The van der Waals surface area contributed by atoms with Crippen LogP contribution in [0.5, 0.6) is 5.75 Å². The maximum Gasteiger partial charge on any atom is 0.247 e. The van der Waals surface area contributed by atoms with Crippen LogP contribution in [-0.2, 0) is 19.9 Å². The summed E-state index contributed by atoms with van der Waals surface area (Å²) in [5.74, 6) is 0.216. The van der Waals surface area contributed by atoms with Crippen LogP contribution in [0, 0.1) is 6.92 Å². The van der Waals surface area contributed by atoms with Crippen LogP contribution in [0.4, 0.5) is 0 Å². The number of methoxy groups -OCH3 is 1. The molecule has 0 radical (unpaired) electrons. The van der Waals surface area contributed by atoms with Crippen molar-refractivity contribution >= 4 is 19.9 Å². The van der Waals surface area contributed by atoms with Crippen LogP contribution in [0.1, 0.15) is 31.7 Å². The average Bonchev–Trinajstić information content (AvgIpc) is 2.87. The lowest BCUT2D eigenvalue weighted by atomic mass is 10.2. The molecular formula is C16H25NO5S2. The summed E-state index contributed by atoms with van der Waals surface area (Å²) in [5, 5.41) is 0. The van der Waals surface area contributed by atoms with Gasteiger partial charge in [-0.25, -0.2) is 16.8 Å². The Hall–Kier alpha value is -1.12. The fraction of sp³-hybridized carbons (Fsp3) is 0.625. The molecule has 1 atom stereocenters. The SMILES string of the molecule is CCCCN([C@H]1CCS(=O)(=O)C1)S(=O)(=O)c1cc(C)ccc1OC. The molecule has 0 aliphatic carbocycles. The van der Waals surface area contributed by atoms with Gasteiger partial charge in [0.25, 0.3) is 0 Å². The number of hydrogen-bond acceptors (Lipinski definition) is 5. The Morgan fingerprint density at radius 1 is 1.33 bits per heavy atom. The number of sulfone groups is 1. The molecule has 1 saturated heterocycles. The molecule has 0 amide bonds. The Morgan fingerprint density at radius 2 is 2.04 bits per heavy atom. The van der Waals surface area contributed by atoms with Gasteiger partial charge in [-0.2, -0.15) is 4.31 Å². The maximum absolute atomic E-state index is 13.2. The van der Waals surface area contributed by atoms with Gasteiger partial charge in [-0.05, 0) is 37.5 Å². The highest BCUT2D eigenvalue weighted by Crippen LogP contribution is 2.31. The van der Waals surface area contributed by atoms with E-state index in [2.05, 4.69) is 0 Å². The second kappa shape index (κ2) is 7.41. The van der Waals surface area contributed by atoms with Crippen LogP contribution in [0.15, 0.2) is 23.1 Å². The van der Waals surface area contributed by atoms with Gasteiger partial charge in [0.1, 0.15) is 10.6 Å². The van der Waals surface area contributed by atoms with E-state index in [1.807, 2.05) is 13.8 Å². The largest absolute Gasteiger partial charge is 0.495 e. The molecule has 1 fully saturated rings. The monoisotopic (exact) mass is 375 g/mol. The molecule has 0 unspecified atom stereocenters. The minimum Gasteiger partial charge on any atom is -0.495 e. The van der Waals surface area contributed by atoms with Crippen molar-refractivity contribution in [2.24, 2.45) is 0 Å². The number of nitrogens with zero attached hydrogens (tertiary/aromatic N) is 1. The number of sulfonamides is 1. The Morgan fingerprint density at radius 3 is 2.58 bits per heavy atom. The molecule has 136 valence electrons. The van der Waals surface area contributed by atoms with Crippen LogP contribution >= 0.6 is 0 Å². The highest BCUT2D eigenvalue weighted by molar-refractivity contribution is 7.92. The molecule has 0 aromatic heterocycles. The number of hydrogen-bond donors (Lipinski definition) is 0. The van der Waals surface area contributed by atoms with Crippen molar-refractivity contribution in [3.8, 4) is 5.75 Å². The molecule has 24 heavy (non-hydrogen) atoms. The third-order valence-electron chi connectivity index (χ3n) is 4.25. The summed E-state index contributed by atoms with van der Waals surface area (Å²) in [4.78, 5) is 0.102. The fourth-order valence-electron chi connectivity index (χ4n) is 2.93. The predicted octanol–water partition coefficient (Wildman–Crippen LogP) is 1.98. The number of aryl methyl sites for hydroxylation is 1. The molecule has 0 bridgehead atoms. The second-order valence-corrected chi connectivity index (χ2v) is 10.3. The molecule has 1 heterocycles. The lowest BCUT2D eigenvalue weighted by Crippen LogP contribution is -2.41. The number of unbranched alkanes of at least 4 members (excludes halogenated alkanes) is 1. The number of benzene rings is 1. The maximum atomic E-state index is 13.2. The zero-order valence-electron chi connectivity index (χ0n) is 14.4. The fourth-order valence-corrected chi connectivity index (χ4v) is 6.69. The third kappa shape index (κ3) is 4.10. The highest BCUT2D eigenvalue weighted by atomic mass is 32.2. The van der Waals surface area contributed by atoms with Crippen LogP contribution in [0.2, 0.25) is 0 Å². The van der Waals surface area contributed by atoms with Crippen molar-refractivity contribution in [3.63, 3.8) is 0 Å². The molecule has 0 N–H and O–H groups in total. The molecule has 6 nitrogen and oxygen atoms in total. The van der Waals surface area contributed by atoms with Crippen LogP contribution in [0.3, 0.4) is 0 Å². The molecular weight excluding hydrogens is 350 g/mol. The minimum absolute atomic E-state index is 0.0424. The molecule has 1 aliphatic rings. The molecule has 1 aromatic rings. The molecule has 8 heteroatoms. The predicted molar refractivity (Wildman–Crippen MR) is 93.6 cm³/mol. The topological polar surface area (TPSA) is 80.8 Å². The van der Waals surface area contributed by atoms with E-state index < -0.39 is 25.9 Å². The molecule has 2 rings (SSSR count). The van der Waals surface area contributed by atoms with Gasteiger partial charge in [0.05, 0.1) is 18.6 Å². The van der Waals surface area contributed by atoms with Gasteiger partial charge >= 0.3 is 0 Å². The van der Waals surface area contributed by atoms with Gasteiger partial charge in [0.2, 0.25) is 10.0 Å². The number of rotatable bonds is 7. The first kappa shape index (κ1) is 19.2. The first-order valence-corrected chi connectivity index (χ1v) is 11.3. The summed E-state index contributed by atoms with van der Waals surface area (Å²) in [6, 6.07) is 4.49. The lowest BCUT2D eigenvalue weighted by molar-refractivity contribution is 0.331. The van der Waals surface area contributed by atoms with Crippen molar-refractivity contribution in [2.45, 2.75) is 44.0 Å². The molecule has 0 saturated carbocycles. The van der Waals surface area contributed by atoms with Crippen molar-refractivity contribution in [2.75, 3.05) is 25.2 Å². The van der Waals surface area contributed by atoms with Gasteiger partial charge in [0, 0.05) is 12.6 Å².